The van der Waals surface area contributed by atoms with Gasteiger partial charge in [-0.15, -0.1) is 0 Å². The van der Waals surface area contributed by atoms with Crippen molar-refractivity contribution >= 4 is 0 Å². The molecule has 0 spiro atoms. The van der Waals surface area contributed by atoms with Gasteiger partial charge >= 0.3 is 0 Å². The molecular weight excluding hydrogens is 324 g/mol. The molecule has 2 aliphatic rings. The summed E-state index contributed by atoms with van der Waals surface area (Å²) in [5, 5.41) is 20.4. The monoisotopic (exact) mass is 360 g/mol. The van der Waals surface area contributed by atoms with Crippen LogP contribution in [0.2, 0.25) is 0 Å². The number of hydrogen-bond donors (Lipinski definition) is 2. The normalized spacial score (nSPS) is 26.7. The van der Waals surface area contributed by atoms with Gasteiger partial charge in [0.2, 0.25) is 0 Å². The quantitative estimate of drug-likeness (QED) is 0.625. The third-order valence-corrected chi connectivity index (χ3v) is 6.60. The third kappa shape index (κ3) is 4.03. The summed E-state index contributed by atoms with van der Waals surface area (Å²) < 4.78 is 6.40. The SMILES string of the molecule is CCCCCCCc1cc(O)c2c(c1)OC(C)(C)[C@@H]1CCC(CO)C[C@@H]21. The largest absolute Gasteiger partial charge is 0.508 e. The topological polar surface area (TPSA) is 49.7 Å². The molecule has 1 aliphatic carbocycles. The van der Waals surface area contributed by atoms with Crippen LogP contribution in [0.25, 0.3) is 0 Å². The van der Waals surface area contributed by atoms with Gasteiger partial charge in [-0.25, -0.2) is 0 Å². The van der Waals surface area contributed by atoms with Gasteiger partial charge in [0.25, 0.3) is 0 Å². The number of phenolic OH excluding ortho intramolecular Hbond substituents is 1. The zero-order chi connectivity index (χ0) is 18.7. The molecule has 0 bridgehead atoms. The molecule has 1 saturated carbocycles. The highest BCUT2D eigenvalue weighted by Gasteiger charge is 2.47. The fraction of sp³-hybridized carbons (Fsp3) is 0.739. The average Bonchev–Trinajstić information content (AvgIpc) is 2.60. The minimum atomic E-state index is -0.218. The summed E-state index contributed by atoms with van der Waals surface area (Å²) in [5.41, 5.74) is 1.95. The standard InChI is InChI=1S/C23H36O3/c1-4-5-6-7-8-9-16-13-20(25)22-18-12-17(15-24)10-11-19(18)23(2,3)26-21(22)14-16/h13-14,17-19,24-25H,4-12,15H2,1-3H3/t17?,18-,19-/m1/s1. The average molecular weight is 361 g/mol. The van der Waals surface area contributed by atoms with Crippen molar-refractivity contribution in [3.05, 3.63) is 23.3 Å². The molecule has 1 heterocycles. The van der Waals surface area contributed by atoms with Crippen LogP contribution in [-0.4, -0.2) is 22.4 Å². The molecule has 1 unspecified atom stereocenters. The molecule has 1 aliphatic heterocycles. The molecule has 0 saturated heterocycles. The molecular formula is C23H36O3. The molecule has 0 amide bonds. The highest BCUT2D eigenvalue weighted by atomic mass is 16.5. The molecule has 3 heteroatoms. The molecule has 26 heavy (non-hydrogen) atoms. The lowest BCUT2D eigenvalue weighted by atomic mass is 9.64. The lowest BCUT2D eigenvalue weighted by molar-refractivity contribution is -0.0210. The fourth-order valence-electron chi connectivity index (χ4n) is 5.14. The Bertz CT molecular complexity index is 608. The number of aliphatic hydroxyl groups is 1. The van der Waals surface area contributed by atoms with Gasteiger partial charge in [-0.3, -0.25) is 0 Å². The van der Waals surface area contributed by atoms with Gasteiger partial charge in [0, 0.05) is 18.1 Å². The Labute approximate surface area is 158 Å². The third-order valence-electron chi connectivity index (χ3n) is 6.60. The van der Waals surface area contributed by atoms with Crippen molar-refractivity contribution in [2.45, 2.75) is 90.1 Å². The number of hydrogen-bond acceptors (Lipinski definition) is 3. The molecule has 0 aromatic heterocycles. The number of aryl methyl sites for hydroxylation is 1. The summed E-state index contributed by atoms with van der Waals surface area (Å²) in [6, 6.07) is 4.12. The van der Waals surface area contributed by atoms with E-state index < -0.39 is 0 Å². The van der Waals surface area contributed by atoms with Gasteiger partial charge in [0.15, 0.2) is 0 Å². The maximum absolute atomic E-state index is 10.8. The van der Waals surface area contributed by atoms with E-state index in [9.17, 15) is 10.2 Å². The number of aliphatic hydroxyl groups excluding tert-OH is 1. The van der Waals surface area contributed by atoms with E-state index in [1.54, 1.807) is 0 Å². The first-order valence-corrected chi connectivity index (χ1v) is 10.6. The highest BCUT2D eigenvalue weighted by Crippen LogP contribution is 2.55. The van der Waals surface area contributed by atoms with Crippen LogP contribution in [0.3, 0.4) is 0 Å². The van der Waals surface area contributed by atoms with Crippen molar-refractivity contribution in [3.63, 3.8) is 0 Å². The Kier molecular flexibility index (Phi) is 6.17. The second-order valence-corrected chi connectivity index (χ2v) is 8.97. The van der Waals surface area contributed by atoms with Gasteiger partial charge in [-0.2, -0.15) is 0 Å². The minimum absolute atomic E-state index is 0.218. The first-order valence-electron chi connectivity index (χ1n) is 10.6. The fourth-order valence-corrected chi connectivity index (χ4v) is 5.14. The Morgan fingerprint density at radius 1 is 1.12 bits per heavy atom. The van der Waals surface area contributed by atoms with Crippen molar-refractivity contribution < 1.29 is 14.9 Å². The Morgan fingerprint density at radius 3 is 2.62 bits per heavy atom. The maximum Gasteiger partial charge on any atom is 0.127 e. The smallest absolute Gasteiger partial charge is 0.127 e. The molecule has 2 N–H and O–H groups in total. The number of unbranched alkanes of at least 4 members (excludes halogenated alkanes) is 4. The van der Waals surface area contributed by atoms with Crippen LogP contribution in [0.1, 0.15) is 89.2 Å². The molecule has 3 rings (SSSR count). The van der Waals surface area contributed by atoms with E-state index in [0.717, 1.165) is 37.0 Å². The predicted molar refractivity (Wildman–Crippen MR) is 106 cm³/mol. The van der Waals surface area contributed by atoms with Crippen molar-refractivity contribution in [2.75, 3.05) is 6.61 Å². The lowest BCUT2D eigenvalue weighted by Crippen LogP contribution is -2.47. The van der Waals surface area contributed by atoms with E-state index >= 15 is 0 Å². The van der Waals surface area contributed by atoms with E-state index in [2.05, 4.69) is 26.8 Å². The number of benzene rings is 1. The zero-order valence-electron chi connectivity index (χ0n) is 16.8. The van der Waals surface area contributed by atoms with Crippen LogP contribution in [0.15, 0.2) is 12.1 Å². The van der Waals surface area contributed by atoms with Crippen LogP contribution in [0.5, 0.6) is 11.5 Å². The molecule has 146 valence electrons. The van der Waals surface area contributed by atoms with Crippen LogP contribution in [0.4, 0.5) is 0 Å². The first kappa shape index (κ1) is 19.5. The second kappa shape index (κ2) is 8.21. The number of fused-ring (bicyclic) bond motifs is 3. The molecule has 1 aromatic rings. The van der Waals surface area contributed by atoms with E-state index in [4.69, 9.17) is 4.74 Å². The number of aromatic hydroxyl groups is 1. The molecule has 1 fully saturated rings. The van der Waals surface area contributed by atoms with Crippen LogP contribution in [-0.2, 0) is 6.42 Å². The number of ether oxygens (including phenoxy) is 1. The minimum Gasteiger partial charge on any atom is -0.508 e. The molecule has 3 atom stereocenters. The summed E-state index contributed by atoms with van der Waals surface area (Å²) in [6.45, 7) is 6.85. The Balaban J connectivity index is 1.80. The van der Waals surface area contributed by atoms with Crippen molar-refractivity contribution in [2.24, 2.45) is 11.8 Å². The van der Waals surface area contributed by atoms with E-state index in [-0.39, 0.29) is 12.2 Å². The molecule has 0 radical (unpaired) electrons. The number of rotatable bonds is 7. The highest BCUT2D eigenvalue weighted by molar-refractivity contribution is 5.52. The predicted octanol–water partition coefficient (Wildman–Crippen LogP) is 5.57. The van der Waals surface area contributed by atoms with Crippen LogP contribution in [0, 0.1) is 11.8 Å². The summed E-state index contributed by atoms with van der Waals surface area (Å²) in [4.78, 5) is 0. The van der Waals surface area contributed by atoms with Gasteiger partial charge < -0.3 is 14.9 Å². The van der Waals surface area contributed by atoms with Crippen molar-refractivity contribution in [1.82, 2.24) is 0 Å². The summed E-state index contributed by atoms with van der Waals surface area (Å²) in [6.07, 6.45) is 10.3. The lowest BCUT2D eigenvalue weighted by Gasteiger charge is -2.49. The van der Waals surface area contributed by atoms with Gasteiger partial charge in [0.1, 0.15) is 17.1 Å². The van der Waals surface area contributed by atoms with Crippen molar-refractivity contribution in [3.8, 4) is 11.5 Å². The second-order valence-electron chi connectivity index (χ2n) is 8.97. The summed E-state index contributed by atoms with van der Waals surface area (Å²) in [7, 11) is 0. The van der Waals surface area contributed by atoms with E-state index in [1.165, 1.54) is 37.7 Å². The number of phenols is 1. The first-order chi connectivity index (χ1) is 12.5. The summed E-state index contributed by atoms with van der Waals surface area (Å²) in [5.74, 6) is 2.31. The summed E-state index contributed by atoms with van der Waals surface area (Å²) >= 11 is 0. The zero-order valence-corrected chi connectivity index (χ0v) is 16.8. The van der Waals surface area contributed by atoms with Gasteiger partial charge in [0.05, 0.1) is 0 Å². The Morgan fingerprint density at radius 2 is 1.88 bits per heavy atom. The van der Waals surface area contributed by atoms with Crippen LogP contribution >= 0.6 is 0 Å². The van der Waals surface area contributed by atoms with Crippen molar-refractivity contribution in [1.29, 1.82) is 0 Å². The molecule has 3 nitrogen and oxygen atoms in total. The van der Waals surface area contributed by atoms with E-state index in [1.807, 2.05) is 6.07 Å². The van der Waals surface area contributed by atoms with E-state index in [0.29, 0.717) is 23.5 Å². The van der Waals surface area contributed by atoms with Gasteiger partial charge in [-0.1, -0.05) is 32.6 Å². The Hall–Kier alpha value is -1.22. The molecule has 1 aromatic carbocycles. The van der Waals surface area contributed by atoms with Gasteiger partial charge in [-0.05, 0) is 75.5 Å². The maximum atomic E-state index is 10.8. The van der Waals surface area contributed by atoms with Crippen LogP contribution < -0.4 is 4.74 Å².